The number of amides is 1. The SMILES string of the molecule is CC(C)CC(CN)C(=O)N1CCC(C(C)C)CC1. The summed E-state index contributed by atoms with van der Waals surface area (Å²) in [4.78, 5) is 14.4. The van der Waals surface area contributed by atoms with E-state index in [1.54, 1.807) is 0 Å². The first-order valence-electron chi connectivity index (χ1n) is 7.44. The van der Waals surface area contributed by atoms with Crippen molar-refractivity contribution in [2.24, 2.45) is 29.4 Å². The molecule has 18 heavy (non-hydrogen) atoms. The number of nitrogens with zero attached hydrogens (tertiary/aromatic N) is 1. The predicted octanol–water partition coefficient (Wildman–Crippen LogP) is 2.50. The topological polar surface area (TPSA) is 46.3 Å². The Kier molecular flexibility index (Phi) is 6.13. The zero-order chi connectivity index (χ0) is 13.7. The highest BCUT2D eigenvalue weighted by molar-refractivity contribution is 5.79. The smallest absolute Gasteiger partial charge is 0.226 e. The molecule has 1 amide bonds. The third-order valence-electron chi connectivity index (χ3n) is 4.18. The predicted molar refractivity (Wildman–Crippen MR) is 76.1 cm³/mol. The summed E-state index contributed by atoms with van der Waals surface area (Å²) < 4.78 is 0. The highest BCUT2D eigenvalue weighted by atomic mass is 16.2. The number of rotatable bonds is 5. The second kappa shape index (κ2) is 7.13. The van der Waals surface area contributed by atoms with Gasteiger partial charge in [0.1, 0.15) is 0 Å². The first-order valence-corrected chi connectivity index (χ1v) is 7.44. The molecule has 3 heteroatoms. The number of carbonyl (C=O) groups excluding carboxylic acids is 1. The standard InChI is InChI=1S/C15H30N2O/c1-11(2)9-14(10-16)15(18)17-7-5-13(6-8-17)12(3)4/h11-14H,5-10,16H2,1-4H3. The Balaban J connectivity index is 2.48. The minimum absolute atomic E-state index is 0.0283. The Bertz CT molecular complexity index is 255. The van der Waals surface area contributed by atoms with Gasteiger partial charge in [-0.15, -0.1) is 0 Å². The quantitative estimate of drug-likeness (QED) is 0.819. The van der Waals surface area contributed by atoms with Crippen molar-refractivity contribution in [3.63, 3.8) is 0 Å². The van der Waals surface area contributed by atoms with Gasteiger partial charge in [0.15, 0.2) is 0 Å². The van der Waals surface area contributed by atoms with Gasteiger partial charge in [0.05, 0.1) is 5.92 Å². The number of hydrogen-bond donors (Lipinski definition) is 1. The molecule has 3 nitrogen and oxygen atoms in total. The maximum absolute atomic E-state index is 12.4. The van der Waals surface area contributed by atoms with Gasteiger partial charge < -0.3 is 10.6 Å². The second-order valence-corrected chi connectivity index (χ2v) is 6.47. The Morgan fingerprint density at radius 2 is 1.78 bits per heavy atom. The lowest BCUT2D eigenvalue weighted by atomic mass is 9.86. The summed E-state index contributed by atoms with van der Waals surface area (Å²) in [5, 5.41) is 0. The molecule has 0 radical (unpaired) electrons. The van der Waals surface area contributed by atoms with E-state index in [0.717, 1.165) is 44.2 Å². The Morgan fingerprint density at radius 1 is 1.22 bits per heavy atom. The maximum atomic E-state index is 12.4. The molecule has 0 aromatic heterocycles. The molecule has 1 rings (SSSR count). The largest absolute Gasteiger partial charge is 0.342 e. The fourth-order valence-electron chi connectivity index (χ4n) is 2.91. The fraction of sp³-hybridized carbons (Fsp3) is 0.933. The van der Waals surface area contributed by atoms with Crippen molar-refractivity contribution < 1.29 is 4.79 Å². The lowest BCUT2D eigenvalue weighted by Crippen LogP contribution is -2.44. The number of piperidine rings is 1. The lowest BCUT2D eigenvalue weighted by Gasteiger charge is -2.35. The molecule has 2 N–H and O–H groups in total. The van der Waals surface area contributed by atoms with Crippen molar-refractivity contribution in [1.82, 2.24) is 4.90 Å². The van der Waals surface area contributed by atoms with Crippen LogP contribution in [-0.2, 0) is 4.79 Å². The van der Waals surface area contributed by atoms with Crippen LogP contribution in [0.1, 0.15) is 47.0 Å². The van der Waals surface area contributed by atoms with Gasteiger partial charge in [-0.1, -0.05) is 27.7 Å². The van der Waals surface area contributed by atoms with Crippen molar-refractivity contribution in [1.29, 1.82) is 0 Å². The molecule has 1 fully saturated rings. The van der Waals surface area contributed by atoms with Crippen molar-refractivity contribution in [2.45, 2.75) is 47.0 Å². The molecule has 0 spiro atoms. The average molecular weight is 254 g/mol. The molecular weight excluding hydrogens is 224 g/mol. The number of carbonyl (C=O) groups is 1. The van der Waals surface area contributed by atoms with Gasteiger partial charge in [-0.25, -0.2) is 0 Å². The van der Waals surface area contributed by atoms with Crippen LogP contribution < -0.4 is 5.73 Å². The van der Waals surface area contributed by atoms with E-state index in [-0.39, 0.29) is 11.8 Å². The van der Waals surface area contributed by atoms with Crippen LogP contribution in [-0.4, -0.2) is 30.4 Å². The van der Waals surface area contributed by atoms with E-state index in [9.17, 15) is 4.79 Å². The molecule has 0 aliphatic carbocycles. The molecule has 0 aromatic rings. The van der Waals surface area contributed by atoms with Crippen LogP contribution in [0.2, 0.25) is 0 Å². The van der Waals surface area contributed by atoms with Gasteiger partial charge in [-0.05, 0) is 37.0 Å². The molecule has 1 aliphatic heterocycles. The van der Waals surface area contributed by atoms with Crippen LogP contribution in [0.4, 0.5) is 0 Å². The highest BCUT2D eigenvalue weighted by Gasteiger charge is 2.28. The summed E-state index contributed by atoms with van der Waals surface area (Å²) >= 11 is 0. The Labute approximate surface area is 112 Å². The van der Waals surface area contributed by atoms with E-state index >= 15 is 0 Å². The van der Waals surface area contributed by atoms with Crippen molar-refractivity contribution in [3.8, 4) is 0 Å². The normalized spacial score (nSPS) is 19.6. The third kappa shape index (κ3) is 4.27. The van der Waals surface area contributed by atoms with E-state index in [0.29, 0.717) is 12.5 Å². The van der Waals surface area contributed by atoms with Gasteiger partial charge in [0.25, 0.3) is 0 Å². The fourth-order valence-corrected chi connectivity index (χ4v) is 2.91. The first-order chi connectivity index (χ1) is 8.45. The summed E-state index contributed by atoms with van der Waals surface area (Å²) in [6.45, 7) is 11.2. The minimum atomic E-state index is 0.0283. The Morgan fingerprint density at radius 3 is 2.17 bits per heavy atom. The van der Waals surface area contributed by atoms with E-state index < -0.39 is 0 Å². The molecule has 1 saturated heterocycles. The molecule has 1 atom stereocenters. The van der Waals surface area contributed by atoms with Crippen LogP contribution in [0.3, 0.4) is 0 Å². The molecule has 1 unspecified atom stereocenters. The summed E-state index contributed by atoms with van der Waals surface area (Å²) in [7, 11) is 0. The molecule has 0 saturated carbocycles. The molecule has 106 valence electrons. The second-order valence-electron chi connectivity index (χ2n) is 6.47. The van der Waals surface area contributed by atoms with Crippen LogP contribution in [0.25, 0.3) is 0 Å². The number of likely N-dealkylation sites (tertiary alicyclic amines) is 1. The Hall–Kier alpha value is -0.570. The van der Waals surface area contributed by atoms with Gasteiger partial charge in [0, 0.05) is 19.6 Å². The first kappa shape index (κ1) is 15.5. The maximum Gasteiger partial charge on any atom is 0.226 e. The summed E-state index contributed by atoms with van der Waals surface area (Å²) in [6, 6.07) is 0. The van der Waals surface area contributed by atoms with Crippen molar-refractivity contribution >= 4 is 5.91 Å². The molecule has 1 aliphatic rings. The van der Waals surface area contributed by atoms with E-state index in [1.165, 1.54) is 0 Å². The monoisotopic (exact) mass is 254 g/mol. The van der Waals surface area contributed by atoms with Gasteiger partial charge in [-0.3, -0.25) is 4.79 Å². The zero-order valence-corrected chi connectivity index (χ0v) is 12.5. The van der Waals surface area contributed by atoms with Crippen LogP contribution in [0.15, 0.2) is 0 Å². The molecule has 1 heterocycles. The van der Waals surface area contributed by atoms with E-state index in [2.05, 4.69) is 27.7 Å². The van der Waals surface area contributed by atoms with E-state index in [1.807, 2.05) is 4.90 Å². The molecule has 0 aromatic carbocycles. The van der Waals surface area contributed by atoms with Gasteiger partial charge in [-0.2, -0.15) is 0 Å². The van der Waals surface area contributed by atoms with Crippen LogP contribution >= 0.6 is 0 Å². The third-order valence-corrected chi connectivity index (χ3v) is 4.18. The number of hydrogen-bond acceptors (Lipinski definition) is 2. The summed E-state index contributed by atoms with van der Waals surface area (Å²) in [5.41, 5.74) is 5.76. The lowest BCUT2D eigenvalue weighted by molar-refractivity contribution is -0.137. The number of nitrogens with two attached hydrogens (primary N) is 1. The van der Waals surface area contributed by atoms with Crippen molar-refractivity contribution in [2.75, 3.05) is 19.6 Å². The van der Waals surface area contributed by atoms with Crippen LogP contribution in [0, 0.1) is 23.7 Å². The summed E-state index contributed by atoms with van der Waals surface area (Å²) in [6.07, 6.45) is 3.23. The summed E-state index contributed by atoms with van der Waals surface area (Å²) in [5.74, 6) is 2.38. The molecule has 0 bridgehead atoms. The van der Waals surface area contributed by atoms with Crippen molar-refractivity contribution in [3.05, 3.63) is 0 Å². The molecular formula is C15H30N2O. The van der Waals surface area contributed by atoms with E-state index in [4.69, 9.17) is 5.73 Å². The minimum Gasteiger partial charge on any atom is -0.342 e. The average Bonchev–Trinajstić information content (AvgIpc) is 2.35. The van der Waals surface area contributed by atoms with Gasteiger partial charge >= 0.3 is 0 Å². The van der Waals surface area contributed by atoms with Gasteiger partial charge in [0.2, 0.25) is 5.91 Å². The zero-order valence-electron chi connectivity index (χ0n) is 12.5. The highest BCUT2D eigenvalue weighted by Crippen LogP contribution is 2.26. The van der Waals surface area contributed by atoms with Crippen LogP contribution in [0.5, 0.6) is 0 Å².